The zero-order chi connectivity index (χ0) is 20.3. The van der Waals surface area contributed by atoms with Crippen LogP contribution in [0.3, 0.4) is 0 Å². The van der Waals surface area contributed by atoms with Crippen LogP contribution in [0.25, 0.3) is 33.7 Å². The SMILES string of the molecule is Cc1ccc(-c2c(-c3nn(C(C)C)c4ncnc(N)c34)noc2C2CC2)nc1C. The first-order valence-corrected chi connectivity index (χ1v) is 9.89. The Morgan fingerprint density at radius 2 is 1.93 bits per heavy atom. The number of aromatic nitrogens is 6. The van der Waals surface area contributed by atoms with Crippen LogP contribution in [0, 0.1) is 13.8 Å². The van der Waals surface area contributed by atoms with Crippen molar-refractivity contribution in [1.29, 1.82) is 0 Å². The van der Waals surface area contributed by atoms with Gasteiger partial charge >= 0.3 is 0 Å². The van der Waals surface area contributed by atoms with Crippen LogP contribution >= 0.6 is 0 Å². The Balaban J connectivity index is 1.81. The van der Waals surface area contributed by atoms with E-state index in [1.54, 1.807) is 0 Å². The lowest BCUT2D eigenvalue weighted by molar-refractivity contribution is 0.386. The number of hydrogen-bond donors (Lipinski definition) is 1. The highest BCUT2D eigenvalue weighted by molar-refractivity contribution is 6.00. The topological polar surface area (TPSA) is 109 Å². The van der Waals surface area contributed by atoms with Gasteiger partial charge in [0.2, 0.25) is 0 Å². The number of nitrogen functional groups attached to an aromatic ring is 1. The standard InChI is InChI=1S/C21H23N7O/c1-10(2)28-21-16(20(22)23-9-24-21)17(26-28)18-15(19(29-27-18)13-6-7-13)14-8-5-11(3)12(4)25-14/h5,8-10,13H,6-7H2,1-4H3,(H2,22,23,24). The van der Waals surface area contributed by atoms with Crippen molar-refractivity contribution >= 4 is 16.9 Å². The monoisotopic (exact) mass is 389 g/mol. The summed E-state index contributed by atoms with van der Waals surface area (Å²) in [4.78, 5) is 13.4. The largest absolute Gasteiger partial charge is 0.383 e. The van der Waals surface area contributed by atoms with Gasteiger partial charge in [0.25, 0.3) is 0 Å². The first-order valence-electron chi connectivity index (χ1n) is 9.89. The average molecular weight is 389 g/mol. The molecule has 0 aromatic carbocycles. The van der Waals surface area contributed by atoms with Crippen molar-refractivity contribution in [3.05, 3.63) is 35.5 Å². The van der Waals surface area contributed by atoms with E-state index in [1.807, 2.05) is 17.7 Å². The van der Waals surface area contributed by atoms with E-state index in [0.29, 0.717) is 34.2 Å². The molecule has 0 radical (unpaired) electrons. The minimum Gasteiger partial charge on any atom is -0.383 e. The Hall–Kier alpha value is -3.29. The van der Waals surface area contributed by atoms with Gasteiger partial charge in [0.1, 0.15) is 29.3 Å². The molecule has 0 aliphatic heterocycles. The fourth-order valence-corrected chi connectivity index (χ4v) is 3.63. The highest BCUT2D eigenvalue weighted by Crippen LogP contribution is 2.48. The minimum absolute atomic E-state index is 0.110. The van der Waals surface area contributed by atoms with Crippen LogP contribution in [0.5, 0.6) is 0 Å². The summed E-state index contributed by atoms with van der Waals surface area (Å²) in [6.45, 7) is 8.17. The van der Waals surface area contributed by atoms with E-state index in [9.17, 15) is 0 Å². The Morgan fingerprint density at radius 1 is 1.14 bits per heavy atom. The maximum Gasteiger partial charge on any atom is 0.164 e. The van der Waals surface area contributed by atoms with Gasteiger partial charge in [-0.15, -0.1) is 0 Å². The molecule has 8 nitrogen and oxygen atoms in total. The predicted molar refractivity (Wildman–Crippen MR) is 110 cm³/mol. The molecule has 1 fully saturated rings. The van der Waals surface area contributed by atoms with Gasteiger partial charge in [-0.1, -0.05) is 11.2 Å². The molecule has 0 saturated heterocycles. The molecule has 1 aliphatic rings. The molecule has 0 bridgehead atoms. The number of rotatable bonds is 4. The quantitative estimate of drug-likeness (QED) is 0.557. The highest BCUT2D eigenvalue weighted by Gasteiger charge is 2.35. The molecule has 0 amide bonds. The third-order valence-electron chi connectivity index (χ3n) is 5.50. The van der Waals surface area contributed by atoms with Crippen LogP contribution in [0.15, 0.2) is 23.0 Å². The molecule has 0 unspecified atom stereocenters. The van der Waals surface area contributed by atoms with E-state index in [-0.39, 0.29) is 6.04 Å². The molecule has 1 aliphatic carbocycles. The van der Waals surface area contributed by atoms with E-state index >= 15 is 0 Å². The molecule has 148 valence electrons. The van der Waals surface area contributed by atoms with Crippen LogP contribution in [0.2, 0.25) is 0 Å². The number of fused-ring (bicyclic) bond motifs is 1. The fraction of sp³-hybridized carbons (Fsp3) is 0.381. The van der Waals surface area contributed by atoms with Crippen LogP contribution in [-0.4, -0.2) is 29.9 Å². The second-order valence-corrected chi connectivity index (χ2v) is 7.99. The van der Waals surface area contributed by atoms with Gasteiger partial charge < -0.3 is 10.3 Å². The lowest BCUT2D eigenvalue weighted by Gasteiger charge is -2.06. The van der Waals surface area contributed by atoms with Gasteiger partial charge in [-0.2, -0.15) is 5.10 Å². The Bertz CT molecular complexity index is 1230. The van der Waals surface area contributed by atoms with Crippen molar-refractivity contribution in [3.63, 3.8) is 0 Å². The lowest BCUT2D eigenvalue weighted by Crippen LogP contribution is -2.04. The third kappa shape index (κ3) is 2.78. The molecule has 5 rings (SSSR count). The van der Waals surface area contributed by atoms with Gasteiger partial charge in [0.15, 0.2) is 5.65 Å². The van der Waals surface area contributed by atoms with Gasteiger partial charge in [0, 0.05) is 17.7 Å². The molecule has 8 heteroatoms. The van der Waals surface area contributed by atoms with Gasteiger partial charge in [-0.25, -0.2) is 14.6 Å². The van der Waals surface area contributed by atoms with Gasteiger partial charge in [-0.3, -0.25) is 4.98 Å². The number of aryl methyl sites for hydroxylation is 2. The van der Waals surface area contributed by atoms with E-state index in [1.165, 1.54) is 6.33 Å². The highest BCUT2D eigenvalue weighted by atomic mass is 16.5. The smallest absolute Gasteiger partial charge is 0.164 e. The summed E-state index contributed by atoms with van der Waals surface area (Å²) in [6.07, 6.45) is 3.66. The summed E-state index contributed by atoms with van der Waals surface area (Å²) in [5.41, 5.74) is 12.1. The summed E-state index contributed by atoms with van der Waals surface area (Å²) >= 11 is 0. The summed E-state index contributed by atoms with van der Waals surface area (Å²) < 4.78 is 7.69. The van der Waals surface area contributed by atoms with Crippen LogP contribution in [0.1, 0.15) is 55.7 Å². The molecule has 4 aromatic rings. The first kappa shape index (κ1) is 17.8. The van der Waals surface area contributed by atoms with Crippen molar-refractivity contribution in [2.45, 2.75) is 52.5 Å². The van der Waals surface area contributed by atoms with Gasteiger partial charge in [-0.05, 0) is 52.2 Å². The van der Waals surface area contributed by atoms with Crippen molar-refractivity contribution in [1.82, 2.24) is 29.9 Å². The van der Waals surface area contributed by atoms with Gasteiger partial charge in [0.05, 0.1) is 16.6 Å². The maximum atomic E-state index is 6.24. The molecular formula is C21H23N7O. The average Bonchev–Trinajstić information content (AvgIpc) is 3.31. The number of anilines is 1. The molecular weight excluding hydrogens is 366 g/mol. The van der Waals surface area contributed by atoms with E-state index < -0.39 is 0 Å². The van der Waals surface area contributed by atoms with Crippen LogP contribution in [0.4, 0.5) is 5.82 Å². The van der Waals surface area contributed by atoms with Crippen LogP contribution < -0.4 is 5.73 Å². The summed E-state index contributed by atoms with van der Waals surface area (Å²) in [6, 6.07) is 4.21. The molecule has 4 aromatic heterocycles. The fourth-order valence-electron chi connectivity index (χ4n) is 3.63. The summed E-state index contributed by atoms with van der Waals surface area (Å²) in [5, 5.41) is 9.96. The molecule has 1 saturated carbocycles. The first-order chi connectivity index (χ1) is 14.0. The Labute approximate surface area is 168 Å². The van der Waals surface area contributed by atoms with Crippen molar-refractivity contribution in [2.75, 3.05) is 5.73 Å². The normalized spacial score (nSPS) is 14.2. The zero-order valence-electron chi connectivity index (χ0n) is 17.0. The van der Waals surface area contributed by atoms with Crippen molar-refractivity contribution in [3.8, 4) is 22.6 Å². The second kappa shape index (κ2) is 6.37. The third-order valence-corrected chi connectivity index (χ3v) is 5.50. The van der Waals surface area contributed by atoms with E-state index in [4.69, 9.17) is 20.3 Å². The van der Waals surface area contributed by atoms with E-state index in [0.717, 1.165) is 41.1 Å². The molecule has 4 heterocycles. The lowest BCUT2D eigenvalue weighted by atomic mass is 10.0. The Morgan fingerprint density at radius 3 is 2.62 bits per heavy atom. The summed E-state index contributed by atoms with van der Waals surface area (Å²) in [7, 11) is 0. The molecule has 2 N–H and O–H groups in total. The number of nitrogens with two attached hydrogens (primary N) is 1. The molecule has 29 heavy (non-hydrogen) atoms. The molecule has 0 spiro atoms. The van der Waals surface area contributed by atoms with E-state index in [2.05, 4.69) is 42.0 Å². The van der Waals surface area contributed by atoms with Crippen molar-refractivity contribution < 1.29 is 4.52 Å². The minimum atomic E-state index is 0.110. The maximum absolute atomic E-state index is 6.24. The Kier molecular flexibility index (Phi) is 3.90. The number of hydrogen-bond acceptors (Lipinski definition) is 7. The number of pyridine rings is 1. The molecule has 0 atom stereocenters. The summed E-state index contributed by atoms with van der Waals surface area (Å²) in [5.74, 6) is 1.63. The van der Waals surface area contributed by atoms with Crippen LogP contribution in [-0.2, 0) is 0 Å². The van der Waals surface area contributed by atoms with Crippen molar-refractivity contribution in [2.24, 2.45) is 0 Å². The second-order valence-electron chi connectivity index (χ2n) is 7.99. The predicted octanol–water partition coefficient (Wildman–Crippen LogP) is 4.20. The zero-order valence-corrected chi connectivity index (χ0v) is 17.0. The number of nitrogens with zero attached hydrogens (tertiary/aromatic N) is 6.